The number of aryl methyl sites for hydroxylation is 1. The van der Waals surface area contributed by atoms with Crippen LogP contribution in [0.5, 0.6) is 5.75 Å². The van der Waals surface area contributed by atoms with Crippen molar-refractivity contribution in [2.45, 2.75) is 37.6 Å². The molecule has 2 aromatic carbocycles. The highest BCUT2D eigenvalue weighted by atomic mass is 32.2. The Morgan fingerprint density at radius 3 is 2.60 bits per heavy atom. The lowest BCUT2D eigenvalue weighted by atomic mass is 10.1. The van der Waals surface area contributed by atoms with E-state index < -0.39 is 28.5 Å². The molecule has 3 rings (SSSR count). The zero-order chi connectivity index (χ0) is 21.9. The summed E-state index contributed by atoms with van der Waals surface area (Å²) in [6, 6.07) is 11.6. The van der Waals surface area contributed by atoms with E-state index in [1.807, 2.05) is 32.0 Å². The van der Waals surface area contributed by atoms with Gasteiger partial charge in [0.15, 0.2) is 13.2 Å². The summed E-state index contributed by atoms with van der Waals surface area (Å²) < 4.78 is 33.7. The van der Waals surface area contributed by atoms with Gasteiger partial charge < -0.3 is 14.4 Å². The standard InChI is InChI=1S/C21H24N2O6S/c1-3-15-6-4-5-7-19(15)28-13-21(25)29-12-20(24)23-14(2)10-16-11-17(30(22,26)27)8-9-18(16)23/h4-9,11,14H,3,10,12-13H2,1-2H3,(H2,22,26,27). The molecule has 0 fully saturated rings. The highest BCUT2D eigenvalue weighted by Gasteiger charge is 2.32. The van der Waals surface area contributed by atoms with E-state index in [1.54, 1.807) is 12.1 Å². The number of benzene rings is 2. The van der Waals surface area contributed by atoms with E-state index in [0.29, 0.717) is 23.4 Å². The summed E-state index contributed by atoms with van der Waals surface area (Å²) in [5.41, 5.74) is 2.26. The van der Waals surface area contributed by atoms with Crippen molar-refractivity contribution in [2.24, 2.45) is 5.14 Å². The summed E-state index contributed by atoms with van der Waals surface area (Å²) in [7, 11) is -3.82. The summed E-state index contributed by atoms with van der Waals surface area (Å²) in [5.74, 6) is -0.436. The topological polar surface area (TPSA) is 116 Å². The molecule has 0 aromatic heterocycles. The molecule has 0 saturated heterocycles. The minimum atomic E-state index is -3.82. The maximum Gasteiger partial charge on any atom is 0.344 e. The molecule has 1 atom stereocenters. The second-order valence-electron chi connectivity index (χ2n) is 7.06. The van der Waals surface area contributed by atoms with E-state index >= 15 is 0 Å². The fraction of sp³-hybridized carbons (Fsp3) is 0.333. The molecular weight excluding hydrogens is 408 g/mol. The summed E-state index contributed by atoms with van der Waals surface area (Å²) in [6.45, 7) is 3.09. The Morgan fingerprint density at radius 2 is 1.90 bits per heavy atom. The van der Waals surface area contributed by atoms with Gasteiger partial charge >= 0.3 is 5.97 Å². The number of para-hydroxylation sites is 1. The van der Waals surface area contributed by atoms with Crippen molar-refractivity contribution in [3.63, 3.8) is 0 Å². The minimum Gasteiger partial charge on any atom is -0.482 e. The third-order valence-corrected chi connectivity index (χ3v) is 5.83. The molecule has 2 aromatic rings. The fourth-order valence-electron chi connectivity index (χ4n) is 3.49. The van der Waals surface area contributed by atoms with E-state index in [0.717, 1.165) is 12.0 Å². The lowest BCUT2D eigenvalue weighted by Gasteiger charge is -2.22. The molecule has 1 unspecified atom stereocenters. The number of hydrogen-bond acceptors (Lipinski definition) is 6. The lowest BCUT2D eigenvalue weighted by Crippen LogP contribution is -2.39. The second kappa shape index (κ2) is 8.85. The number of carbonyl (C=O) groups excluding carboxylic acids is 2. The predicted molar refractivity (Wildman–Crippen MR) is 111 cm³/mol. The van der Waals surface area contributed by atoms with Crippen LogP contribution >= 0.6 is 0 Å². The van der Waals surface area contributed by atoms with Crippen LogP contribution in [-0.4, -0.2) is 39.5 Å². The number of sulfonamides is 1. The van der Waals surface area contributed by atoms with Crippen molar-refractivity contribution >= 4 is 27.6 Å². The Bertz CT molecular complexity index is 1070. The Morgan fingerprint density at radius 1 is 1.17 bits per heavy atom. The molecule has 160 valence electrons. The molecule has 0 spiro atoms. The van der Waals surface area contributed by atoms with Crippen molar-refractivity contribution in [3.05, 3.63) is 53.6 Å². The van der Waals surface area contributed by atoms with Crippen LogP contribution in [0.25, 0.3) is 0 Å². The van der Waals surface area contributed by atoms with Crippen LogP contribution in [0.1, 0.15) is 25.0 Å². The predicted octanol–water partition coefficient (Wildman–Crippen LogP) is 1.80. The highest BCUT2D eigenvalue weighted by molar-refractivity contribution is 7.89. The van der Waals surface area contributed by atoms with Gasteiger partial charge in [0, 0.05) is 11.7 Å². The van der Waals surface area contributed by atoms with Gasteiger partial charge in [-0.2, -0.15) is 0 Å². The quantitative estimate of drug-likeness (QED) is 0.667. The van der Waals surface area contributed by atoms with Crippen LogP contribution < -0.4 is 14.8 Å². The maximum absolute atomic E-state index is 12.6. The molecule has 0 saturated carbocycles. The van der Waals surface area contributed by atoms with Gasteiger partial charge in [-0.05, 0) is 55.2 Å². The summed E-state index contributed by atoms with van der Waals surface area (Å²) in [5, 5.41) is 5.17. The Kier molecular flexibility index (Phi) is 6.42. The molecule has 1 aliphatic heterocycles. The number of amides is 1. The van der Waals surface area contributed by atoms with Crippen molar-refractivity contribution in [2.75, 3.05) is 18.1 Å². The van der Waals surface area contributed by atoms with Gasteiger partial charge in [0.2, 0.25) is 10.0 Å². The van der Waals surface area contributed by atoms with E-state index in [9.17, 15) is 18.0 Å². The molecular formula is C21H24N2O6S. The first-order valence-electron chi connectivity index (χ1n) is 9.54. The lowest BCUT2D eigenvalue weighted by molar-refractivity contribution is -0.149. The first kappa shape index (κ1) is 21.8. The number of fused-ring (bicyclic) bond motifs is 1. The van der Waals surface area contributed by atoms with E-state index in [4.69, 9.17) is 14.6 Å². The zero-order valence-corrected chi connectivity index (χ0v) is 17.6. The second-order valence-corrected chi connectivity index (χ2v) is 8.62. The smallest absolute Gasteiger partial charge is 0.344 e. The van der Waals surface area contributed by atoms with Crippen LogP contribution in [0.4, 0.5) is 5.69 Å². The van der Waals surface area contributed by atoms with Crippen molar-refractivity contribution < 1.29 is 27.5 Å². The van der Waals surface area contributed by atoms with Crippen molar-refractivity contribution in [1.82, 2.24) is 0 Å². The molecule has 8 nitrogen and oxygen atoms in total. The van der Waals surface area contributed by atoms with Gasteiger partial charge in [-0.15, -0.1) is 0 Å². The minimum absolute atomic E-state index is 0.00122. The van der Waals surface area contributed by atoms with E-state index in [-0.39, 0.29) is 17.5 Å². The monoisotopic (exact) mass is 432 g/mol. The molecule has 1 amide bonds. The number of nitrogens with two attached hydrogens (primary N) is 1. The van der Waals surface area contributed by atoms with Crippen LogP contribution in [0.3, 0.4) is 0 Å². The van der Waals surface area contributed by atoms with Gasteiger partial charge in [-0.3, -0.25) is 4.79 Å². The normalized spacial score (nSPS) is 15.6. The third kappa shape index (κ3) is 4.80. The third-order valence-electron chi connectivity index (χ3n) is 4.92. The van der Waals surface area contributed by atoms with Gasteiger partial charge in [-0.25, -0.2) is 18.4 Å². The van der Waals surface area contributed by atoms with Gasteiger partial charge in [-0.1, -0.05) is 25.1 Å². The molecule has 9 heteroatoms. The Labute approximate surface area is 175 Å². The molecule has 2 N–H and O–H groups in total. The summed E-state index contributed by atoms with van der Waals surface area (Å²) >= 11 is 0. The number of rotatable bonds is 7. The van der Waals surface area contributed by atoms with Gasteiger partial charge in [0.05, 0.1) is 4.90 Å². The first-order chi connectivity index (χ1) is 14.2. The average molecular weight is 432 g/mol. The first-order valence-corrected chi connectivity index (χ1v) is 11.1. The number of ether oxygens (including phenoxy) is 2. The Balaban J connectivity index is 1.59. The molecule has 0 radical (unpaired) electrons. The fourth-order valence-corrected chi connectivity index (χ4v) is 4.06. The average Bonchev–Trinajstić information content (AvgIpc) is 3.04. The van der Waals surface area contributed by atoms with Crippen LogP contribution in [-0.2, 0) is 37.2 Å². The largest absolute Gasteiger partial charge is 0.482 e. The SMILES string of the molecule is CCc1ccccc1OCC(=O)OCC(=O)N1c2ccc(S(N)(=O)=O)cc2CC1C. The molecule has 0 bridgehead atoms. The van der Waals surface area contributed by atoms with Crippen LogP contribution in [0, 0.1) is 0 Å². The number of hydrogen-bond donors (Lipinski definition) is 1. The van der Waals surface area contributed by atoms with Crippen molar-refractivity contribution in [1.29, 1.82) is 0 Å². The Hall–Kier alpha value is -2.91. The van der Waals surface area contributed by atoms with Crippen LogP contribution in [0.2, 0.25) is 0 Å². The van der Waals surface area contributed by atoms with Gasteiger partial charge in [0.25, 0.3) is 5.91 Å². The number of nitrogens with zero attached hydrogens (tertiary/aromatic N) is 1. The molecule has 30 heavy (non-hydrogen) atoms. The summed E-state index contributed by atoms with van der Waals surface area (Å²) in [6.07, 6.45) is 1.25. The molecule has 1 heterocycles. The van der Waals surface area contributed by atoms with E-state index in [1.165, 1.54) is 17.0 Å². The number of carbonyl (C=O) groups is 2. The van der Waals surface area contributed by atoms with Crippen molar-refractivity contribution in [3.8, 4) is 5.75 Å². The number of anilines is 1. The van der Waals surface area contributed by atoms with E-state index in [2.05, 4.69) is 0 Å². The maximum atomic E-state index is 12.6. The number of esters is 1. The molecule has 0 aliphatic carbocycles. The highest BCUT2D eigenvalue weighted by Crippen LogP contribution is 2.33. The van der Waals surface area contributed by atoms with Gasteiger partial charge in [0.1, 0.15) is 5.75 Å². The summed E-state index contributed by atoms with van der Waals surface area (Å²) in [4.78, 5) is 26.2. The zero-order valence-electron chi connectivity index (χ0n) is 16.8. The number of primary sulfonamides is 1. The molecule has 1 aliphatic rings. The van der Waals surface area contributed by atoms with Crippen LogP contribution in [0.15, 0.2) is 47.4 Å².